The molecule has 0 radical (unpaired) electrons. The maximum atomic E-state index is 6.06. The van der Waals surface area contributed by atoms with Gasteiger partial charge in [0.25, 0.3) is 0 Å². The molecule has 0 saturated carbocycles. The van der Waals surface area contributed by atoms with Crippen LogP contribution in [0, 0.1) is 0 Å². The van der Waals surface area contributed by atoms with E-state index in [0.717, 1.165) is 21.9 Å². The Hall–Kier alpha value is -5.18. The highest BCUT2D eigenvalue weighted by Crippen LogP contribution is 2.42. The fraction of sp³-hybridized carbons (Fsp3) is 0. The van der Waals surface area contributed by atoms with Crippen LogP contribution in [-0.4, -0.2) is 0 Å². The molecule has 7 aromatic carbocycles. The van der Waals surface area contributed by atoms with Crippen molar-refractivity contribution in [2.75, 3.05) is 0 Å². The summed E-state index contributed by atoms with van der Waals surface area (Å²) in [5, 5.41) is 10.1. The summed E-state index contributed by atoms with van der Waals surface area (Å²) >= 11 is 1.84. The molecule has 0 bridgehead atoms. The van der Waals surface area contributed by atoms with E-state index < -0.39 is 0 Å². The number of furan rings is 1. The van der Waals surface area contributed by atoms with Gasteiger partial charge in [0.15, 0.2) is 0 Å². The van der Waals surface area contributed by atoms with Crippen LogP contribution in [0.3, 0.4) is 0 Å². The van der Waals surface area contributed by atoms with Gasteiger partial charge in [-0.05, 0) is 103 Å². The minimum Gasteiger partial charge on any atom is -0.456 e. The van der Waals surface area contributed by atoms with Crippen molar-refractivity contribution in [3.8, 4) is 32.0 Å². The summed E-state index contributed by atoms with van der Waals surface area (Å²) in [6.07, 6.45) is 0. The summed E-state index contributed by atoms with van der Waals surface area (Å²) in [6.45, 7) is 0. The number of benzene rings is 7. The lowest BCUT2D eigenvalue weighted by Gasteiger charge is -2.13. The largest absolute Gasteiger partial charge is 0.456 e. The molecule has 2 aromatic heterocycles. The first-order chi connectivity index (χ1) is 20.8. The lowest BCUT2D eigenvalue weighted by molar-refractivity contribution is 0.669. The molecule has 9 rings (SSSR count). The Bertz CT molecular complexity index is 2460. The minimum atomic E-state index is 0.931. The van der Waals surface area contributed by atoms with E-state index in [2.05, 4.69) is 133 Å². The van der Waals surface area contributed by atoms with Crippen molar-refractivity contribution in [2.45, 2.75) is 0 Å². The number of rotatable bonds is 3. The van der Waals surface area contributed by atoms with Gasteiger partial charge >= 0.3 is 0 Å². The van der Waals surface area contributed by atoms with Crippen LogP contribution in [0.2, 0.25) is 0 Å². The Morgan fingerprint density at radius 2 is 0.810 bits per heavy atom. The second-order valence-corrected chi connectivity index (χ2v) is 12.0. The van der Waals surface area contributed by atoms with E-state index >= 15 is 0 Å². The standard InChI is InChI=1S/C40H24OS/c1-2-8-25(9-3-1)26-14-17-32-34(22-26)30-11-5-4-10-29(30)31-18-15-27(23-35(31)32)39-20-21-40(42-39)28-16-19-38-36(24-28)33-12-6-7-13-37(33)41-38/h1-24H. The van der Waals surface area contributed by atoms with Gasteiger partial charge < -0.3 is 4.42 Å². The Morgan fingerprint density at radius 1 is 0.310 bits per heavy atom. The molecular weight excluding hydrogens is 529 g/mol. The quantitative estimate of drug-likeness (QED) is 0.199. The van der Waals surface area contributed by atoms with Crippen LogP contribution in [0.4, 0.5) is 0 Å². The maximum Gasteiger partial charge on any atom is 0.135 e. The Balaban J connectivity index is 1.19. The lowest BCUT2D eigenvalue weighted by Crippen LogP contribution is -1.86. The third kappa shape index (κ3) is 3.62. The third-order valence-electron chi connectivity index (χ3n) is 8.50. The summed E-state index contributed by atoms with van der Waals surface area (Å²) in [5.41, 5.74) is 6.82. The first-order valence-corrected chi connectivity index (χ1v) is 15.1. The first kappa shape index (κ1) is 23.5. The van der Waals surface area contributed by atoms with E-state index in [1.807, 2.05) is 23.5 Å². The molecule has 0 aliphatic heterocycles. The zero-order valence-corrected chi connectivity index (χ0v) is 23.5. The van der Waals surface area contributed by atoms with Gasteiger partial charge in [-0.3, -0.25) is 0 Å². The van der Waals surface area contributed by atoms with Gasteiger partial charge in [0.05, 0.1) is 0 Å². The van der Waals surface area contributed by atoms with Crippen molar-refractivity contribution in [1.29, 1.82) is 0 Å². The number of thiophene rings is 1. The normalized spacial score (nSPS) is 11.8. The topological polar surface area (TPSA) is 13.1 Å². The molecule has 196 valence electrons. The Morgan fingerprint density at radius 3 is 1.57 bits per heavy atom. The molecule has 0 aliphatic rings. The SMILES string of the molecule is c1ccc(-c2ccc3c(c2)c2ccccc2c2ccc(-c4ccc(-c5ccc6oc7ccccc7c6c5)s4)cc23)cc1. The van der Waals surface area contributed by atoms with Crippen LogP contribution < -0.4 is 0 Å². The van der Waals surface area contributed by atoms with Crippen LogP contribution in [0.1, 0.15) is 0 Å². The number of hydrogen-bond acceptors (Lipinski definition) is 2. The monoisotopic (exact) mass is 552 g/mol. The molecule has 0 aliphatic carbocycles. The van der Waals surface area contributed by atoms with Crippen LogP contribution in [0.5, 0.6) is 0 Å². The van der Waals surface area contributed by atoms with Gasteiger partial charge in [0.2, 0.25) is 0 Å². The zero-order chi connectivity index (χ0) is 27.6. The van der Waals surface area contributed by atoms with Gasteiger partial charge in [-0.25, -0.2) is 0 Å². The molecule has 42 heavy (non-hydrogen) atoms. The predicted octanol–water partition coefficient (Wildman–Crippen LogP) is 12.1. The molecular formula is C40H24OS. The third-order valence-corrected chi connectivity index (χ3v) is 9.68. The molecule has 0 atom stereocenters. The minimum absolute atomic E-state index is 0.931. The molecule has 2 heteroatoms. The Labute approximate surface area is 246 Å². The second kappa shape index (κ2) is 9.17. The molecule has 0 amide bonds. The van der Waals surface area contributed by atoms with Crippen molar-refractivity contribution in [1.82, 2.24) is 0 Å². The number of para-hydroxylation sites is 1. The summed E-state index contributed by atoms with van der Waals surface area (Å²) in [5.74, 6) is 0. The molecule has 0 fully saturated rings. The van der Waals surface area contributed by atoms with E-state index in [1.165, 1.54) is 64.3 Å². The van der Waals surface area contributed by atoms with E-state index in [9.17, 15) is 0 Å². The highest BCUT2D eigenvalue weighted by Gasteiger charge is 2.13. The average Bonchev–Trinajstić information content (AvgIpc) is 3.70. The molecule has 1 nitrogen and oxygen atoms in total. The molecule has 0 saturated heterocycles. The Kier molecular flexibility index (Phi) is 5.13. The van der Waals surface area contributed by atoms with Gasteiger partial charge in [-0.15, -0.1) is 11.3 Å². The summed E-state index contributed by atoms with van der Waals surface area (Å²) in [7, 11) is 0. The smallest absolute Gasteiger partial charge is 0.135 e. The average molecular weight is 553 g/mol. The summed E-state index contributed by atoms with van der Waals surface area (Å²) in [6, 6.07) is 52.7. The van der Waals surface area contributed by atoms with E-state index in [0.29, 0.717) is 0 Å². The van der Waals surface area contributed by atoms with Crippen molar-refractivity contribution >= 4 is 65.6 Å². The van der Waals surface area contributed by atoms with Crippen molar-refractivity contribution < 1.29 is 4.42 Å². The van der Waals surface area contributed by atoms with Gasteiger partial charge in [-0.1, -0.05) is 97.1 Å². The molecule has 0 N–H and O–H groups in total. The maximum absolute atomic E-state index is 6.06. The highest BCUT2D eigenvalue weighted by molar-refractivity contribution is 7.18. The lowest BCUT2D eigenvalue weighted by atomic mass is 9.91. The van der Waals surface area contributed by atoms with Crippen molar-refractivity contribution in [3.63, 3.8) is 0 Å². The van der Waals surface area contributed by atoms with Crippen LogP contribution in [-0.2, 0) is 0 Å². The van der Waals surface area contributed by atoms with Gasteiger partial charge in [0, 0.05) is 20.5 Å². The zero-order valence-electron chi connectivity index (χ0n) is 22.7. The molecule has 2 heterocycles. The van der Waals surface area contributed by atoms with Crippen molar-refractivity contribution in [3.05, 3.63) is 146 Å². The molecule has 0 spiro atoms. The van der Waals surface area contributed by atoms with Gasteiger partial charge in [0.1, 0.15) is 11.2 Å². The van der Waals surface area contributed by atoms with Crippen LogP contribution in [0.15, 0.2) is 150 Å². The summed E-state index contributed by atoms with van der Waals surface area (Å²) in [4.78, 5) is 2.53. The summed E-state index contributed by atoms with van der Waals surface area (Å²) < 4.78 is 6.06. The molecule has 0 unspecified atom stereocenters. The molecule has 9 aromatic rings. The highest BCUT2D eigenvalue weighted by atomic mass is 32.1. The second-order valence-electron chi connectivity index (χ2n) is 10.9. The van der Waals surface area contributed by atoms with E-state index in [-0.39, 0.29) is 0 Å². The fourth-order valence-electron chi connectivity index (χ4n) is 6.45. The van der Waals surface area contributed by atoms with E-state index in [4.69, 9.17) is 4.42 Å². The van der Waals surface area contributed by atoms with Crippen LogP contribution in [0.25, 0.3) is 86.3 Å². The fourth-order valence-corrected chi connectivity index (χ4v) is 7.45. The first-order valence-electron chi connectivity index (χ1n) is 14.3. The number of hydrogen-bond donors (Lipinski definition) is 0. The van der Waals surface area contributed by atoms with Crippen LogP contribution >= 0.6 is 11.3 Å². The van der Waals surface area contributed by atoms with Crippen molar-refractivity contribution in [2.24, 2.45) is 0 Å². The number of fused-ring (bicyclic) bond motifs is 9. The van der Waals surface area contributed by atoms with E-state index in [1.54, 1.807) is 0 Å². The predicted molar refractivity (Wildman–Crippen MR) is 180 cm³/mol. The van der Waals surface area contributed by atoms with Gasteiger partial charge in [-0.2, -0.15) is 0 Å².